The van der Waals surface area contributed by atoms with Crippen LogP contribution in [0, 0.1) is 0 Å². The summed E-state index contributed by atoms with van der Waals surface area (Å²) in [7, 11) is 0. The lowest BCUT2D eigenvalue weighted by Crippen LogP contribution is -2.55. The molecule has 15 heavy (non-hydrogen) atoms. The van der Waals surface area contributed by atoms with Crippen LogP contribution in [0.4, 0.5) is 0 Å². The SMILES string of the molecule is CC1(C)CC(N)CCN1CC1CCCO1. The minimum atomic E-state index is 0.254. The molecule has 2 aliphatic heterocycles. The summed E-state index contributed by atoms with van der Waals surface area (Å²) >= 11 is 0. The van der Waals surface area contributed by atoms with Gasteiger partial charge in [-0.25, -0.2) is 0 Å². The summed E-state index contributed by atoms with van der Waals surface area (Å²) in [4.78, 5) is 2.56. The van der Waals surface area contributed by atoms with E-state index < -0.39 is 0 Å². The van der Waals surface area contributed by atoms with E-state index in [9.17, 15) is 0 Å². The Morgan fingerprint density at radius 2 is 2.20 bits per heavy atom. The lowest BCUT2D eigenvalue weighted by atomic mass is 9.87. The molecule has 2 atom stereocenters. The van der Waals surface area contributed by atoms with E-state index in [1.54, 1.807) is 0 Å². The Labute approximate surface area is 93.0 Å². The summed E-state index contributed by atoms with van der Waals surface area (Å²) in [5.74, 6) is 0. The standard InChI is InChI=1S/C12H24N2O/c1-12(2)8-10(13)5-6-14(12)9-11-4-3-7-15-11/h10-11H,3-9,13H2,1-2H3. The van der Waals surface area contributed by atoms with Crippen molar-refractivity contribution in [1.82, 2.24) is 4.90 Å². The summed E-state index contributed by atoms with van der Waals surface area (Å²) in [5.41, 5.74) is 6.28. The molecule has 0 saturated carbocycles. The number of hydrogen-bond donors (Lipinski definition) is 1. The van der Waals surface area contributed by atoms with Gasteiger partial charge in [-0.15, -0.1) is 0 Å². The molecule has 2 aliphatic rings. The van der Waals surface area contributed by atoms with Gasteiger partial charge in [-0.2, -0.15) is 0 Å². The summed E-state index contributed by atoms with van der Waals surface area (Å²) in [5, 5.41) is 0. The van der Waals surface area contributed by atoms with E-state index in [0.717, 1.165) is 32.5 Å². The Balaban J connectivity index is 1.90. The molecule has 3 heteroatoms. The maximum absolute atomic E-state index is 6.02. The highest BCUT2D eigenvalue weighted by atomic mass is 16.5. The van der Waals surface area contributed by atoms with Gasteiger partial charge in [0.1, 0.15) is 0 Å². The average Bonchev–Trinajstić information content (AvgIpc) is 2.61. The number of hydrogen-bond acceptors (Lipinski definition) is 3. The monoisotopic (exact) mass is 212 g/mol. The molecule has 2 N–H and O–H groups in total. The minimum Gasteiger partial charge on any atom is -0.377 e. The third kappa shape index (κ3) is 2.71. The van der Waals surface area contributed by atoms with Gasteiger partial charge in [-0.1, -0.05) is 0 Å². The fourth-order valence-electron chi connectivity index (χ4n) is 2.87. The highest BCUT2D eigenvalue weighted by Gasteiger charge is 2.35. The van der Waals surface area contributed by atoms with Crippen molar-refractivity contribution < 1.29 is 4.74 Å². The molecule has 2 heterocycles. The van der Waals surface area contributed by atoms with Crippen LogP contribution in [-0.4, -0.2) is 42.3 Å². The molecular formula is C12H24N2O. The van der Waals surface area contributed by atoms with Gasteiger partial charge < -0.3 is 10.5 Å². The van der Waals surface area contributed by atoms with E-state index in [1.165, 1.54) is 12.8 Å². The lowest BCUT2D eigenvalue weighted by molar-refractivity contribution is 0.00797. The Kier molecular flexibility index (Phi) is 3.33. The van der Waals surface area contributed by atoms with Gasteiger partial charge in [-0.3, -0.25) is 4.90 Å². The molecule has 2 saturated heterocycles. The summed E-state index contributed by atoms with van der Waals surface area (Å²) < 4.78 is 5.70. The fourth-order valence-corrected chi connectivity index (χ4v) is 2.87. The van der Waals surface area contributed by atoms with Crippen LogP contribution in [0.1, 0.15) is 39.5 Å². The van der Waals surface area contributed by atoms with Crippen LogP contribution in [0.2, 0.25) is 0 Å². The van der Waals surface area contributed by atoms with Crippen molar-refractivity contribution in [2.24, 2.45) is 5.73 Å². The van der Waals surface area contributed by atoms with Gasteiger partial charge in [0, 0.05) is 31.3 Å². The molecule has 0 spiro atoms. The van der Waals surface area contributed by atoms with Gasteiger partial charge in [0.2, 0.25) is 0 Å². The molecule has 88 valence electrons. The molecule has 3 nitrogen and oxygen atoms in total. The van der Waals surface area contributed by atoms with Crippen molar-refractivity contribution in [2.75, 3.05) is 19.7 Å². The van der Waals surface area contributed by atoms with E-state index in [4.69, 9.17) is 10.5 Å². The van der Waals surface area contributed by atoms with E-state index in [2.05, 4.69) is 18.7 Å². The Morgan fingerprint density at radius 1 is 1.40 bits per heavy atom. The Morgan fingerprint density at radius 3 is 2.80 bits per heavy atom. The van der Waals surface area contributed by atoms with Gasteiger partial charge in [-0.05, 0) is 39.5 Å². The first-order valence-electron chi connectivity index (χ1n) is 6.20. The van der Waals surface area contributed by atoms with Crippen molar-refractivity contribution in [1.29, 1.82) is 0 Å². The Hall–Kier alpha value is -0.120. The molecular weight excluding hydrogens is 188 g/mol. The predicted molar refractivity (Wildman–Crippen MR) is 61.8 cm³/mol. The van der Waals surface area contributed by atoms with Crippen molar-refractivity contribution in [3.05, 3.63) is 0 Å². The topological polar surface area (TPSA) is 38.5 Å². The summed E-state index contributed by atoms with van der Waals surface area (Å²) in [6, 6.07) is 0.390. The van der Waals surface area contributed by atoms with E-state index in [0.29, 0.717) is 12.1 Å². The third-order valence-corrected chi connectivity index (χ3v) is 3.84. The molecule has 2 unspecified atom stereocenters. The number of likely N-dealkylation sites (tertiary alicyclic amines) is 1. The second-order valence-electron chi connectivity index (χ2n) is 5.65. The zero-order valence-corrected chi connectivity index (χ0v) is 10.0. The zero-order valence-electron chi connectivity index (χ0n) is 10.0. The molecule has 0 radical (unpaired) electrons. The smallest absolute Gasteiger partial charge is 0.0703 e. The summed E-state index contributed by atoms with van der Waals surface area (Å²) in [6.45, 7) is 7.80. The lowest BCUT2D eigenvalue weighted by Gasteiger charge is -2.45. The second-order valence-corrected chi connectivity index (χ2v) is 5.65. The third-order valence-electron chi connectivity index (χ3n) is 3.84. The number of nitrogens with two attached hydrogens (primary N) is 1. The van der Waals surface area contributed by atoms with Crippen molar-refractivity contribution >= 4 is 0 Å². The quantitative estimate of drug-likeness (QED) is 0.751. The number of nitrogens with zero attached hydrogens (tertiary/aromatic N) is 1. The minimum absolute atomic E-state index is 0.254. The van der Waals surface area contributed by atoms with Crippen LogP contribution in [0.3, 0.4) is 0 Å². The number of rotatable bonds is 2. The first-order valence-corrected chi connectivity index (χ1v) is 6.20. The molecule has 0 aromatic carbocycles. The van der Waals surface area contributed by atoms with Crippen molar-refractivity contribution in [3.8, 4) is 0 Å². The van der Waals surface area contributed by atoms with E-state index >= 15 is 0 Å². The number of piperidine rings is 1. The van der Waals surface area contributed by atoms with Gasteiger partial charge in [0.05, 0.1) is 6.10 Å². The molecule has 0 amide bonds. The number of ether oxygens (including phenoxy) is 1. The highest BCUT2D eigenvalue weighted by Crippen LogP contribution is 2.28. The van der Waals surface area contributed by atoms with Crippen LogP contribution < -0.4 is 5.73 Å². The molecule has 0 aromatic heterocycles. The maximum Gasteiger partial charge on any atom is 0.0703 e. The molecule has 0 bridgehead atoms. The normalized spacial score (nSPS) is 37.0. The molecule has 0 aromatic rings. The van der Waals surface area contributed by atoms with Gasteiger partial charge >= 0.3 is 0 Å². The summed E-state index contributed by atoms with van der Waals surface area (Å²) in [6.07, 6.45) is 5.19. The largest absolute Gasteiger partial charge is 0.377 e. The maximum atomic E-state index is 6.02. The van der Waals surface area contributed by atoms with Gasteiger partial charge in [0.25, 0.3) is 0 Å². The molecule has 0 aliphatic carbocycles. The van der Waals surface area contributed by atoms with E-state index in [1.807, 2.05) is 0 Å². The fraction of sp³-hybridized carbons (Fsp3) is 1.00. The van der Waals surface area contributed by atoms with Crippen molar-refractivity contribution in [2.45, 2.75) is 57.2 Å². The van der Waals surface area contributed by atoms with Gasteiger partial charge in [0.15, 0.2) is 0 Å². The van der Waals surface area contributed by atoms with Crippen LogP contribution in [-0.2, 0) is 4.74 Å². The highest BCUT2D eigenvalue weighted by molar-refractivity contribution is 4.92. The first-order chi connectivity index (χ1) is 7.08. The van der Waals surface area contributed by atoms with E-state index in [-0.39, 0.29) is 5.54 Å². The van der Waals surface area contributed by atoms with Crippen LogP contribution in [0.15, 0.2) is 0 Å². The van der Waals surface area contributed by atoms with Crippen molar-refractivity contribution in [3.63, 3.8) is 0 Å². The predicted octanol–water partition coefficient (Wildman–Crippen LogP) is 1.37. The van der Waals surface area contributed by atoms with Crippen LogP contribution in [0.25, 0.3) is 0 Å². The first kappa shape index (κ1) is 11.4. The average molecular weight is 212 g/mol. The van der Waals surface area contributed by atoms with Crippen LogP contribution in [0.5, 0.6) is 0 Å². The zero-order chi connectivity index (χ0) is 10.9. The molecule has 2 rings (SSSR count). The second kappa shape index (κ2) is 4.40. The van der Waals surface area contributed by atoms with Crippen LogP contribution >= 0.6 is 0 Å². The Bertz CT molecular complexity index is 212. The molecule has 2 fully saturated rings.